The molecule has 0 unspecified atom stereocenters. The van der Waals surface area contributed by atoms with Gasteiger partial charge in [0.2, 0.25) is 0 Å². The van der Waals surface area contributed by atoms with Crippen molar-refractivity contribution < 1.29 is 14.6 Å². The Bertz CT molecular complexity index is 357. The number of aryl methyl sites for hydroxylation is 1. The van der Waals surface area contributed by atoms with Crippen molar-refractivity contribution in [1.29, 1.82) is 0 Å². The van der Waals surface area contributed by atoms with E-state index in [1.54, 1.807) is 0 Å². The fourth-order valence-electron chi connectivity index (χ4n) is 1.47. The third kappa shape index (κ3) is 1.37. The van der Waals surface area contributed by atoms with Gasteiger partial charge in [-0.2, -0.15) is 0 Å². The second kappa shape index (κ2) is 2.76. The Morgan fingerprint density at radius 3 is 3.08 bits per heavy atom. The Labute approximate surface area is 76.0 Å². The van der Waals surface area contributed by atoms with Crippen LogP contribution in [0.1, 0.15) is 11.1 Å². The van der Waals surface area contributed by atoms with Crippen LogP contribution in [-0.4, -0.2) is 17.2 Å². The third-order valence-electron chi connectivity index (χ3n) is 2.17. The number of hydrogen-bond donors (Lipinski definition) is 1. The first-order chi connectivity index (χ1) is 6.16. The number of carboxylic acid groups (broad SMARTS) is 1. The van der Waals surface area contributed by atoms with Crippen LogP contribution in [0.25, 0.3) is 0 Å². The van der Waals surface area contributed by atoms with Crippen LogP contribution in [0.15, 0.2) is 18.2 Å². The second-order valence-electron chi connectivity index (χ2n) is 3.26. The molecule has 1 aromatic rings. The molecule has 13 heavy (non-hydrogen) atoms. The van der Waals surface area contributed by atoms with Crippen molar-refractivity contribution in [3.8, 4) is 5.75 Å². The summed E-state index contributed by atoms with van der Waals surface area (Å²) in [6.07, 6.45) is -0.220. The summed E-state index contributed by atoms with van der Waals surface area (Å²) in [7, 11) is 0. The number of carboxylic acids is 1. The molecule has 0 fully saturated rings. The van der Waals surface area contributed by atoms with Crippen molar-refractivity contribution in [2.45, 2.75) is 19.4 Å². The highest BCUT2D eigenvalue weighted by molar-refractivity contribution is 5.74. The molecule has 2 rings (SSSR count). The van der Waals surface area contributed by atoms with E-state index in [-0.39, 0.29) is 0 Å². The van der Waals surface area contributed by atoms with Gasteiger partial charge in [-0.3, -0.25) is 0 Å². The predicted octanol–water partition coefficient (Wildman–Crippen LogP) is 1.38. The summed E-state index contributed by atoms with van der Waals surface area (Å²) >= 11 is 0. The standard InChI is InChI=1S/C10H10O3/c1-6-2-3-7-5-9(10(11)12)13-8(7)4-6/h2-4,9H,5H2,1H3,(H,11,12)/t9-/m1/s1. The Hall–Kier alpha value is -1.51. The number of carbonyl (C=O) groups is 1. The van der Waals surface area contributed by atoms with Crippen molar-refractivity contribution >= 4 is 5.97 Å². The number of fused-ring (bicyclic) bond motifs is 1. The van der Waals surface area contributed by atoms with E-state index in [0.29, 0.717) is 12.2 Å². The predicted molar refractivity (Wildman–Crippen MR) is 46.9 cm³/mol. The van der Waals surface area contributed by atoms with E-state index in [1.807, 2.05) is 25.1 Å². The van der Waals surface area contributed by atoms with Crippen LogP contribution in [0, 0.1) is 6.92 Å². The minimum atomic E-state index is -0.895. The van der Waals surface area contributed by atoms with Gasteiger partial charge in [-0.1, -0.05) is 12.1 Å². The van der Waals surface area contributed by atoms with Gasteiger partial charge >= 0.3 is 5.97 Å². The van der Waals surface area contributed by atoms with Gasteiger partial charge in [-0.15, -0.1) is 0 Å². The van der Waals surface area contributed by atoms with Crippen LogP contribution in [0.5, 0.6) is 5.75 Å². The first-order valence-corrected chi connectivity index (χ1v) is 4.16. The average Bonchev–Trinajstić information content (AvgIpc) is 2.46. The van der Waals surface area contributed by atoms with E-state index < -0.39 is 12.1 Å². The van der Waals surface area contributed by atoms with E-state index >= 15 is 0 Å². The molecule has 0 spiro atoms. The quantitative estimate of drug-likeness (QED) is 0.706. The van der Waals surface area contributed by atoms with Gasteiger partial charge in [0.25, 0.3) is 0 Å². The molecule has 1 aliphatic heterocycles. The van der Waals surface area contributed by atoms with Crippen LogP contribution in [0.4, 0.5) is 0 Å². The molecule has 0 radical (unpaired) electrons. The molecule has 0 bridgehead atoms. The smallest absolute Gasteiger partial charge is 0.345 e. The zero-order valence-corrected chi connectivity index (χ0v) is 7.28. The van der Waals surface area contributed by atoms with Gasteiger partial charge in [0.15, 0.2) is 6.10 Å². The highest BCUT2D eigenvalue weighted by Gasteiger charge is 2.28. The Balaban J connectivity index is 2.30. The minimum absolute atomic E-state index is 0.477. The third-order valence-corrected chi connectivity index (χ3v) is 2.17. The van der Waals surface area contributed by atoms with Crippen LogP contribution in [-0.2, 0) is 11.2 Å². The van der Waals surface area contributed by atoms with Gasteiger partial charge in [0.05, 0.1) is 0 Å². The molecular formula is C10H10O3. The number of aliphatic carboxylic acids is 1. The molecule has 1 N–H and O–H groups in total. The van der Waals surface area contributed by atoms with Gasteiger partial charge in [0, 0.05) is 6.42 Å². The van der Waals surface area contributed by atoms with Crippen LogP contribution >= 0.6 is 0 Å². The maximum Gasteiger partial charge on any atom is 0.345 e. The monoisotopic (exact) mass is 178 g/mol. The van der Waals surface area contributed by atoms with Crippen LogP contribution < -0.4 is 4.74 Å². The molecule has 1 atom stereocenters. The Morgan fingerprint density at radius 1 is 1.62 bits per heavy atom. The minimum Gasteiger partial charge on any atom is -0.478 e. The van der Waals surface area contributed by atoms with Gasteiger partial charge < -0.3 is 9.84 Å². The second-order valence-corrected chi connectivity index (χ2v) is 3.26. The summed E-state index contributed by atoms with van der Waals surface area (Å²) in [6.45, 7) is 1.96. The molecule has 0 aliphatic carbocycles. The number of hydrogen-bond acceptors (Lipinski definition) is 2. The van der Waals surface area contributed by atoms with Gasteiger partial charge in [0.1, 0.15) is 5.75 Å². The highest BCUT2D eigenvalue weighted by Crippen LogP contribution is 2.29. The molecular weight excluding hydrogens is 168 g/mol. The lowest BCUT2D eigenvalue weighted by molar-refractivity contribution is -0.144. The summed E-state index contributed by atoms with van der Waals surface area (Å²) in [5.74, 6) is -0.179. The van der Waals surface area contributed by atoms with Crippen molar-refractivity contribution in [2.24, 2.45) is 0 Å². The average molecular weight is 178 g/mol. The summed E-state index contributed by atoms with van der Waals surface area (Å²) in [5, 5.41) is 8.73. The SMILES string of the molecule is Cc1ccc2c(c1)O[C@@H](C(=O)O)C2. The summed E-state index contributed by atoms with van der Waals surface area (Å²) in [5.41, 5.74) is 2.07. The number of benzene rings is 1. The Morgan fingerprint density at radius 2 is 2.38 bits per heavy atom. The lowest BCUT2D eigenvalue weighted by Crippen LogP contribution is -2.24. The van der Waals surface area contributed by atoms with E-state index in [9.17, 15) is 4.79 Å². The van der Waals surface area contributed by atoms with E-state index in [4.69, 9.17) is 9.84 Å². The number of ether oxygens (including phenoxy) is 1. The molecule has 0 saturated carbocycles. The summed E-state index contributed by atoms with van der Waals surface area (Å²) < 4.78 is 5.25. The molecule has 3 nitrogen and oxygen atoms in total. The van der Waals surface area contributed by atoms with E-state index in [0.717, 1.165) is 11.1 Å². The summed E-state index contributed by atoms with van der Waals surface area (Å²) in [6, 6.07) is 5.76. The first-order valence-electron chi connectivity index (χ1n) is 4.16. The molecule has 68 valence electrons. The fourth-order valence-corrected chi connectivity index (χ4v) is 1.47. The maximum absolute atomic E-state index is 10.6. The largest absolute Gasteiger partial charge is 0.478 e. The maximum atomic E-state index is 10.6. The fraction of sp³-hybridized carbons (Fsp3) is 0.300. The number of rotatable bonds is 1. The molecule has 1 aromatic carbocycles. The van der Waals surface area contributed by atoms with Crippen molar-refractivity contribution in [2.75, 3.05) is 0 Å². The molecule has 0 aromatic heterocycles. The van der Waals surface area contributed by atoms with Crippen LogP contribution in [0.3, 0.4) is 0 Å². The van der Waals surface area contributed by atoms with Gasteiger partial charge in [-0.05, 0) is 24.1 Å². The molecule has 0 saturated heterocycles. The van der Waals surface area contributed by atoms with Crippen LogP contribution in [0.2, 0.25) is 0 Å². The topological polar surface area (TPSA) is 46.5 Å². The Kier molecular flexibility index (Phi) is 1.72. The normalized spacial score (nSPS) is 19.3. The van der Waals surface area contributed by atoms with Crippen molar-refractivity contribution in [1.82, 2.24) is 0 Å². The lowest BCUT2D eigenvalue weighted by atomic mass is 10.1. The lowest BCUT2D eigenvalue weighted by Gasteiger charge is -2.03. The highest BCUT2D eigenvalue weighted by atomic mass is 16.5. The molecule has 1 heterocycles. The van der Waals surface area contributed by atoms with E-state index in [1.165, 1.54) is 0 Å². The van der Waals surface area contributed by atoms with Crippen molar-refractivity contribution in [3.05, 3.63) is 29.3 Å². The molecule has 3 heteroatoms. The van der Waals surface area contributed by atoms with E-state index in [2.05, 4.69) is 0 Å². The van der Waals surface area contributed by atoms with Crippen molar-refractivity contribution in [3.63, 3.8) is 0 Å². The zero-order valence-electron chi connectivity index (χ0n) is 7.28. The first kappa shape index (κ1) is 8.10. The zero-order chi connectivity index (χ0) is 9.42. The molecule has 0 amide bonds. The molecule has 1 aliphatic rings. The summed E-state index contributed by atoms with van der Waals surface area (Å²) in [4.78, 5) is 10.6. The van der Waals surface area contributed by atoms with Gasteiger partial charge in [-0.25, -0.2) is 4.79 Å².